The largest absolute Gasteiger partial charge is 0.435 e. The fourth-order valence-corrected chi connectivity index (χ4v) is 4.07. The van der Waals surface area contributed by atoms with E-state index in [0.717, 1.165) is 16.3 Å². The molecule has 0 aliphatic carbocycles. The molecule has 37 heavy (non-hydrogen) atoms. The van der Waals surface area contributed by atoms with Crippen molar-refractivity contribution in [2.24, 2.45) is 5.92 Å². The fourth-order valence-electron chi connectivity index (χ4n) is 4.07. The van der Waals surface area contributed by atoms with Crippen LogP contribution in [0.1, 0.15) is 64.4 Å². The summed E-state index contributed by atoms with van der Waals surface area (Å²) in [5.41, 5.74) is 0.773. The fraction of sp³-hybridized carbons (Fsp3) is 0.214. The average Bonchev–Trinajstić information content (AvgIpc) is 3.38. The van der Waals surface area contributed by atoms with Crippen LogP contribution in [0.2, 0.25) is 0 Å². The van der Waals surface area contributed by atoms with Gasteiger partial charge in [-0.25, -0.2) is 4.68 Å². The first kappa shape index (κ1) is 25.8. The maximum absolute atomic E-state index is 13.5. The van der Waals surface area contributed by atoms with Crippen LogP contribution >= 0.6 is 0 Å². The molecule has 0 bridgehead atoms. The number of alkyl halides is 3. The van der Waals surface area contributed by atoms with Gasteiger partial charge in [-0.2, -0.15) is 23.5 Å². The topological polar surface area (TPSA) is 91.8 Å². The molecule has 0 radical (unpaired) electrons. The van der Waals surface area contributed by atoms with Gasteiger partial charge in [0.1, 0.15) is 11.8 Å². The minimum atomic E-state index is -4.75. The molecule has 0 aliphatic heterocycles. The van der Waals surface area contributed by atoms with Crippen LogP contribution in [-0.2, 0) is 6.18 Å². The second-order valence-electron chi connectivity index (χ2n) is 8.76. The number of aliphatic hydroxyl groups is 1. The molecule has 6 nitrogen and oxygen atoms in total. The van der Waals surface area contributed by atoms with Crippen molar-refractivity contribution in [2.75, 3.05) is 0 Å². The monoisotopic (exact) mass is 504 g/mol. The van der Waals surface area contributed by atoms with Crippen LogP contribution in [0.5, 0.6) is 0 Å². The number of halogens is 3. The first-order valence-electron chi connectivity index (χ1n) is 11.5. The Balaban J connectivity index is 1.68. The summed E-state index contributed by atoms with van der Waals surface area (Å²) in [5, 5.41) is 23.6. The maximum atomic E-state index is 13.5. The van der Waals surface area contributed by atoms with Crippen LogP contribution in [0, 0.1) is 17.2 Å². The summed E-state index contributed by atoms with van der Waals surface area (Å²) in [6.07, 6.45) is -4.14. The standard InChI is InChI=1S/C28H23F3N4O2/c1-17(20-8-6-9-21(14-20)27(37)23-11-3-4-12-33-23)18(2)26(36)24-15-25(28(29,30)31)34-35(24)22-10-5-7-19(13-22)16-32/h3-15,17-18,27,37H,1-2H3. The predicted molar refractivity (Wildman–Crippen MR) is 130 cm³/mol. The normalized spacial score (nSPS) is 14.0. The van der Waals surface area contributed by atoms with Crippen molar-refractivity contribution in [3.8, 4) is 11.8 Å². The number of carbonyl (C=O) groups is 1. The van der Waals surface area contributed by atoms with Gasteiger partial charge in [-0.3, -0.25) is 9.78 Å². The summed E-state index contributed by atoms with van der Waals surface area (Å²) in [5.74, 6) is -1.65. The third-order valence-electron chi connectivity index (χ3n) is 6.36. The lowest BCUT2D eigenvalue weighted by molar-refractivity contribution is -0.141. The first-order valence-corrected chi connectivity index (χ1v) is 11.5. The quantitative estimate of drug-likeness (QED) is 0.318. The van der Waals surface area contributed by atoms with E-state index >= 15 is 0 Å². The van der Waals surface area contributed by atoms with Gasteiger partial charge in [-0.1, -0.05) is 50.2 Å². The lowest BCUT2D eigenvalue weighted by Crippen LogP contribution is -2.21. The third kappa shape index (κ3) is 5.44. The van der Waals surface area contributed by atoms with E-state index in [0.29, 0.717) is 11.3 Å². The number of pyridine rings is 1. The van der Waals surface area contributed by atoms with Gasteiger partial charge in [0.25, 0.3) is 0 Å². The Kier molecular flexibility index (Phi) is 7.23. The molecule has 3 unspecified atom stereocenters. The van der Waals surface area contributed by atoms with E-state index in [9.17, 15) is 28.3 Å². The summed E-state index contributed by atoms with van der Waals surface area (Å²) in [6.45, 7) is 3.45. The van der Waals surface area contributed by atoms with Crippen molar-refractivity contribution < 1.29 is 23.1 Å². The number of benzene rings is 2. The Morgan fingerprint density at radius 3 is 2.41 bits per heavy atom. The van der Waals surface area contributed by atoms with Gasteiger partial charge in [0.05, 0.1) is 23.0 Å². The second-order valence-corrected chi connectivity index (χ2v) is 8.76. The van der Waals surface area contributed by atoms with Gasteiger partial charge in [0, 0.05) is 18.2 Å². The molecule has 0 saturated heterocycles. The number of aromatic nitrogens is 3. The highest BCUT2D eigenvalue weighted by molar-refractivity contribution is 5.97. The number of hydrogen-bond donors (Lipinski definition) is 1. The zero-order valence-corrected chi connectivity index (χ0v) is 20.0. The number of ketones is 1. The highest BCUT2D eigenvalue weighted by atomic mass is 19.4. The molecule has 0 amide bonds. The molecule has 0 aliphatic rings. The molecular formula is C28H23F3N4O2. The van der Waals surface area contributed by atoms with Crippen LogP contribution in [0.15, 0.2) is 79.0 Å². The van der Waals surface area contributed by atoms with Crippen molar-refractivity contribution in [3.63, 3.8) is 0 Å². The Morgan fingerprint density at radius 2 is 1.73 bits per heavy atom. The molecule has 3 atom stereocenters. The highest BCUT2D eigenvalue weighted by Crippen LogP contribution is 2.33. The Hall–Kier alpha value is -4.29. The molecule has 0 saturated carbocycles. The number of Topliss-reactive ketones (excluding diaryl/α,β-unsaturated/α-hetero) is 1. The van der Waals surface area contributed by atoms with E-state index in [1.807, 2.05) is 6.07 Å². The smallest absolute Gasteiger partial charge is 0.382 e. The van der Waals surface area contributed by atoms with E-state index in [4.69, 9.17) is 0 Å². The summed E-state index contributed by atoms with van der Waals surface area (Å²) in [6, 6.07) is 20.9. The summed E-state index contributed by atoms with van der Waals surface area (Å²) < 4.78 is 41.5. The molecule has 2 aromatic carbocycles. The predicted octanol–water partition coefficient (Wildman–Crippen LogP) is 5.86. The Labute approximate surface area is 211 Å². The average molecular weight is 505 g/mol. The lowest BCUT2D eigenvalue weighted by Gasteiger charge is -2.21. The third-order valence-corrected chi connectivity index (χ3v) is 6.36. The molecule has 4 rings (SSSR count). The first-order chi connectivity index (χ1) is 17.6. The zero-order valence-electron chi connectivity index (χ0n) is 20.0. The number of nitrogens with zero attached hydrogens (tertiary/aromatic N) is 4. The molecule has 0 spiro atoms. The van der Waals surface area contributed by atoms with Gasteiger partial charge < -0.3 is 5.11 Å². The Bertz CT molecular complexity index is 1460. The van der Waals surface area contributed by atoms with Crippen molar-refractivity contribution in [1.82, 2.24) is 14.8 Å². The van der Waals surface area contributed by atoms with E-state index < -0.39 is 35.6 Å². The number of hydrogen-bond acceptors (Lipinski definition) is 5. The van der Waals surface area contributed by atoms with E-state index in [2.05, 4.69) is 10.1 Å². The van der Waals surface area contributed by atoms with Gasteiger partial charge in [0.2, 0.25) is 0 Å². The number of carbonyl (C=O) groups excluding carboxylic acids is 1. The van der Waals surface area contributed by atoms with E-state index in [1.54, 1.807) is 62.5 Å². The van der Waals surface area contributed by atoms with E-state index in [-0.39, 0.29) is 16.9 Å². The van der Waals surface area contributed by atoms with Crippen LogP contribution in [0.25, 0.3) is 5.69 Å². The molecule has 4 aromatic rings. The molecule has 2 aromatic heterocycles. The zero-order chi connectivity index (χ0) is 26.7. The van der Waals surface area contributed by atoms with Crippen molar-refractivity contribution >= 4 is 5.78 Å². The van der Waals surface area contributed by atoms with Gasteiger partial charge in [0.15, 0.2) is 11.5 Å². The van der Waals surface area contributed by atoms with Crippen LogP contribution in [0.3, 0.4) is 0 Å². The van der Waals surface area contributed by atoms with Crippen molar-refractivity contribution in [2.45, 2.75) is 32.0 Å². The highest BCUT2D eigenvalue weighted by Gasteiger charge is 2.37. The van der Waals surface area contributed by atoms with Crippen LogP contribution in [0.4, 0.5) is 13.2 Å². The summed E-state index contributed by atoms with van der Waals surface area (Å²) in [7, 11) is 0. The minimum absolute atomic E-state index is 0.179. The molecule has 1 N–H and O–H groups in total. The van der Waals surface area contributed by atoms with E-state index in [1.165, 1.54) is 24.3 Å². The second kappa shape index (κ2) is 10.4. The number of nitriles is 1. The number of aliphatic hydroxyl groups excluding tert-OH is 1. The molecule has 2 heterocycles. The molecule has 0 fully saturated rings. The van der Waals surface area contributed by atoms with Crippen LogP contribution < -0.4 is 0 Å². The molecular weight excluding hydrogens is 481 g/mol. The summed E-state index contributed by atoms with van der Waals surface area (Å²) >= 11 is 0. The lowest BCUT2D eigenvalue weighted by atomic mass is 9.84. The number of rotatable bonds is 7. The van der Waals surface area contributed by atoms with Crippen LogP contribution in [-0.4, -0.2) is 25.7 Å². The van der Waals surface area contributed by atoms with Gasteiger partial charge in [-0.15, -0.1) is 0 Å². The van der Waals surface area contributed by atoms with Gasteiger partial charge >= 0.3 is 6.18 Å². The van der Waals surface area contributed by atoms with Crippen molar-refractivity contribution in [3.05, 3.63) is 113 Å². The van der Waals surface area contributed by atoms with Crippen molar-refractivity contribution in [1.29, 1.82) is 5.26 Å². The molecule has 188 valence electrons. The Morgan fingerprint density at radius 1 is 1.00 bits per heavy atom. The summed E-state index contributed by atoms with van der Waals surface area (Å²) in [4.78, 5) is 17.7. The van der Waals surface area contributed by atoms with Gasteiger partial charge in [-0.05, 0) is 47.4 Å². The maximum Gasteiger partial charge on any atom is 0.435 e. The molecule has 9 heteroatoms. The minimum Gasteiger partial charge on any atom is -0.382 e. The SMILES string of the molecule is CC(C(=O)c1cc(C(F)(F)F)nn1-c1cccc(C#N)c1)C(C)c1cccc(C(O)c2ccccn2)c1.